The minimum absolute atomic E-state index is 0.316. The largest absolute Gasteiger partial charge is 0.508 e. The van der Waals surface area contributed by atoms with Crippen molar-refractivity contribution in [1.29, 1.82) is 0 Å². The lowest BCUT2D eigenvalue weighted by molar-refractivity contribution is 0.464. The summed E-state index contributed by atoms with van der Waals surface area (Å²) in [5.74, 6) is 0.700. The predicted molar refractivity (Wildman–Crippen MR) is 70.2 cm³/mol. The van der Waals surface area contributed by atoms with Gasteiger partial charge in [-0.3, -0.25) is 4.98 Å². The third-order valence-corrected chi connectivity index (χ3v) is 2.99. The summed E-state index contributed by atoms with van der Waals surface area (Å²) in [5, 5.41) is 9.92. The number of aryl methyl sites for hydroxylation is 1. The summed E-state index contributed by atoms with van der Waals surface area (Å²) >= 11 is 0. The van der Waals surface area contributed by atoms with Gasteiger partial charge in [0.25, 0.3) is 0 Å². The van der Waals surface area contributed by atoms with E-state index in [1.165, 1.54) is 0 Å². The van der Waals surface area contributed by atoms with Gasteiger partial charge in [0.1, 0.15) is 5.75 Å². The average molecular weight is 227 g/mol. The van der Waals surface area contributed by atoms with E-state index in [0.717, 1.165) is 22.3 Å². The van der Waals surface area contributed by atoms with Crippen molar-refractivity contribution in [2.75, 3.05) is 0 Å². The topological polar surface area (TPSA) is 33.1 Å². The van der Waals surface area contributed by atoms with Crippen molar-refractivity contribution in [3.8, 4) is 16.9 Å². The molecule has 17 heavy (non-hydrogen) atoms. The Morgan fingerprint density at radius 1 is 1.12 bits per heavy atom. The quantitative estimate of drug-likeness (QED) is 0.844. The summed E-state index contributed by atoms with van der Waals surface area (Å²) in [6.07, 6.45) is 3.58. The summed E-state index contributed by atoms with van der Waals surface area (Å²) in [7, 11) is 0. The molecule has 2 nitrogen and oxygen atoms in total. The fraction of sp³-hybridized carbons (Fsp3) is 0.267. The molecule has 2 aromatic rings. The van der Waals surface area contributed by atoms with Crippen molar-refractivity contribution in [3.63, 3.8) is 0 Å². The van der Waals surface area contributed by atoms with Crippen molar-refractivity contribution in [2.45, 2.75) is 26.7 Å². The lowest BCUT2D eigenvalue weighted by Crippen LogP contribution is -1.92. The summed E-state index contributed by atoms with van der Waals surface area (Å²) in [6, 6.07) is 7.89. The molecule has 0 fully saturated rings. The third kappa shape index (κ3) is 2.31. The second-order valence-electron chi connectivity index (χ2n) is 4.62. The number of phenolic OH excluding ortho intramolecular Hbond substituents is 1. The first-order valence-corrected chi connectivity index (χ1v) is 5.83. The molecule has 1 aromatic carbocycles. The maximum absolute atomic E-state index is 9.92. The molecule has 2 heteroatoms. The van der Waals surface area contributed by atoms with E-state index in [1.54, 1.807) is 12.4 Å². The molecular weight excluding hydrogens is 210 g/mol. The van der Waals surface area contributed by atoms with Crippen molar-refractivity contribution < 1.29 is 5.11 Å². The van der Waals surface area contributed by atoms with Crippen LogP contribution in [-0.2, 0) is 0 Å². The molecule has 0 amide bonds. The molecule has 0 atom stereocenters. The standard InChI is InChI=1S/C15H17NO/c1-10(2)13-9-14(11(3)8-15(13)17)12-4-6-16-7-5-12/h4-10,17H,1-3H3. The monoisotopic (exact) mass is 227 g/mol. The molecule has 1 N–H and O–H groups in total. The first-order valence-electron chi connectivity index (χ1n) is 5.83. The van der Waals surface area contributed by atoms with E-state index in [9.17, 15) is 5.11 Å². The Labute approximate surface area is 102 Å². The fourth-order valence-corrected chi connectivity index (χ4v) is 2.01. The summed E-state index contributed by atoms with van der Waals surface area (Å²) in [4.78, 5) is 4.03. The maximum atomic E-state index is 9.92. The second-order valence-corrected chi connectivity index (χ2v) is 4.62. The number of hydrogen-bond acceptors (Lipinski definition) is 2. The Kier molecular flexibility index (Phi) is 3.14. The van der Waals surface area contributed by atoms with E-state index >= 15 is 0 Å². The second kappa shape index (κ2) is 4.58. The van der Waals surface area contributed by atoms with Crippen molar-refractivity contribution in [1.82, 2.24) is 4.98 Å². The van der Waals surface area contributed by atoms with Crippen molar-refractivity contribution in [2.24, 2.45) is 0 Å². The zero-order chi connectivity index (χ0) is 12.4. The zero-order valence-corrected chi connectivity index (χ0v) is 10.4. The Bertz CT molecular complexity index is 518. The van der Waals surface area contributed by atoms with Crippen LogP contribution in [0.3, 0.4) is 0 Å². The normalized spacial score (nSPS) is 10.8. The Balaban J connectivity index is 2.59. The van der Waals surface area contributed by atoms with Crippen LogP contribution in [0.2, 0.25) is 0 Å². The van der Waals surface area contributed by atoms with Crippen molar-refractivity contribution >= 4 is 0 Å². The SMILES string of the molecule is Cc1cc(O)c(C(C)C)cc1-c1ccncc1. The molecule has 0 saturated heterocycles. The lowest BCUT2D eigenvalue weighted by Gasteiger charge is -2.13. The summed E-state index contributed by atoms with van der Waals surface area (Å²) in [6.45, 7) is 6.18. The van der Waals surface area contributed by atoms with Gasteiger partial charge in [-0.15, -0.1) is 0 Å². The number of rotatable bonds is 2. The highest BCUT2D eigenvalue weighted by Crippen LogP contribution is 2.33. The van der Waals surface area contributed by atoms with E-state index in [1.807, 2.05) is 25.1 Å². The van der Waals surface area contributed by atoms with Gasteiger partial charge in [-0.1, -0.05) is 13.8 Å². The van der Waals surface area contributed by atoms with E-state index in [2.05, 4.69) is 24.9 Å². The number of aromatic nitrogens is 1. The van der Waals surface area contributed by atoms with Gasteiger partial charge in [-0.2, -0.15) is 0 Å². The Hall–Kier alpha value is -1.83. The van der Waals surface area contributed by atoms with E-state index < -0.39 is 0 Å². The van der Waals surface area contributed by atoms with Gasteiger partial charge in [0, 0.05) is 12.4 Å². The molecule has 1 aromatic heterocycles. The molecular formula is C15H17NO. The molecule has 1 heterocycles. The van der Waals surface area contributed by atoms with Crippen LogP contribution in [0, 0.1) is 6.92 Å². The van der Waals surface area contributed by atoms with Gasteiger partial charge in [0.15, 0.2) is 0 Å². The van der Waals surface area contributed by atoms with Crippen LogP contribution in [0.5, 0.6) is 5.75 Å². The van der Waals surface area contributed by atoms with Crippen LogP contribution in [0.25, 0.3) is 11.1 Å². The highest BCUT2D eigenvalue weighted by atomic mass is 16.3. The van der Waals surface area contributed by atoms with Gasteiger partial charge < -0.3 is 5.11 Å². The smallest absolute Gasteiger partial charge is 0.119 e. The Morgan fingerprint density at radius 3 is 2.35 bits per heavy atom. The van der Waals surface area contributed by atoms with Crippen LogP contribution in [0.15, 0.2) is 36.7 Å². The van der Waals surface area contributed by atoms with E-state index in [4.69, 9.17) is 0 Å². The van der Waals surface area contributed by atoms with E-state index in [-0.39, 0.29) is 0 Å². The first-order chi connectivity index (χ1) is 8.09. The van der Waals surface area contributed by atoms with E-state index in [0.29, 0.717) is 11.7 Å². The minimum Gasteiger partial charge on any atom is -0.508 e. The first kappa shape index (κ1) is 11.6. The molecule has 0 aliphatic rings. The zero-order valence-electron chi connectivity index (χ0n) is 10.4. The fourth-order valence-electron chi connectivity index (χ4n) is 2.01. The molecule has 0 radical (unpaired) electrons. The predicted octanol–water partition coefficient (Wildman–Crippen LogP) is 3.89. The van der Waals surface area contributed by atoms with Gasteiger partial charge in [0.05, 0.1) is 0 Å². The van der Waals surface area contributed by atoms with Crippen LogP contribution < -0.4 is 0 Å². The number of hydrogen-bond donors (Lipinski definition) is 1. The van der Waals surface area contributed by atoms with Gasteiger partial charge in [-0.25, -0.2) is 0 Å². The highest BCUT2D eigenvalue weighted by molar-refractivity contribution is 5.69. The molecule has 88 valence electrons. The average Bonchev–Trinajstić information content (AvgIpc) is 2.29. The molecule has 0 saturated carbocycles. The van der Waals surface area contributed by atoms with Gasteiger partial charge in [-0.05, 0) is 59.4 Å². The van der Waals surface area contributed by atoms with Crippen LogP contribution in [-0.4, -0.2) is 10.1 Å². The maximum Gasteiger partial charge on any atom is 0.119 e. The minimum atomic E-state index is 0.316. The number of nitrogens with zero attached hydrogens (tertiary/aromatic N) is 1. The highest BCUT2D eigenvalue weighted by Gasteiger charge is 2.10. The molecule has 0 spiro atoms. The lowest BCUT2D eigenvalue weighted by atomic mass is 9.93. The number of pyridine rings is 1. The van der Waals surface area contributed by atoms with Crippen molar-refractivity contribution in [3.05, 3.63) is 47.8 Å². The molecule has 0 aliphatic heterocycles. The van der Waals surface area contributed by atoms with Crippen LogP contribution >= 0.6 is 0 Å². The van der Waals surface area contributed by atoms with Crippen LogP contribution in [0.1, 0.15) is 30.9 Å². The summed E-state index contributed by atoms with van der Waals surface area (Å²) < 4.78 is 0. The molecule has 0 unspecified atom stereocenters. The summed E-state index contributed by atoms with van der Waals surface area (Å²) in [5.41, 5.74) is 4.37. The number of phenols is 1. The van der Waals surface area contributed by atoms with Gasteiger partial charge in [0.2, 0.25) is 0 Å². The molecule has 2 rings (SSSR count). The number of benzene rings is 1. The third-order valence-electron chi connectivity index (χ3n) is 2.99. The molecule has 0 aliphatic carbocycles. The van der Waals surface area contributed by atoms with Gasteiger partial charge >= 0.3 is 0 Å². The number of aromatic hydroxyl groups is 1. The molecule has 0 bridgehead atoms. The Morgan fingerprint density at radius 2 is 1.76 bits per heavy atom. The van der Waals surface area contributed by atoms with Crippen LogP contribution in [0.4, 0.5) is 0 Å².